The lowest BCUT2D eigenvalue weighted by molar-refractivity contribution is -0.115. The molecule has 0 bridgehead atoms. The number of amides is 1. The lowest BCUT2D eigenvalue weighted by Gasteiger charge is -2.10. The Morgan fingerprint density at radius 3 is 2.62 bits per heavy atom. The van der Waals surface area contributed by atoms with Gasteiger partial charge in [-0.15, -0.1) is 11.3 Å². The highest BCUT2D eigenvalue weighted by Gasteiger charge is 2.19. The summed E-state index contributed by atoms with van der Waals surface area (Å²) in [5.74, 6) is -0.118. The minimum atomic E-state index is -0.391. The lowest BCUT2D eigenvalue weighted by atomic mass is 10.1. The van der Waals surface area contributed by atoms with Crippen molar-refractivity contribution in [1.29, 1.82) is 0 Å². The maximum absolute atomic E-state index is 12.7. The zero-order chi connectivity index (χ0) is 28.9. The largest absolute Gasteiger partial charge is 0.462 e. The molecular formula is C32H26N6O3S. The smallest absolute Gasteiger partial charge is 0.338 e. The summed E-state index contributed by atoms with van der Waals surface area (Å²) in [6, 6.07) is 26.1. The lowest BCUT2D eigenvalue weighted by Crippen LogP contribution is -2.14. The zero-order valence-electron chi connectivity index (χ0n) is 22.7. The van der Waals surface area contributed by atoms with E-state index in [0.717, 1.165) is 27.5 Å². The van der Waals surface area contributed by atoms with Crippen LogP contribution in [0.1, 0.15) is 22.8 Å². The molecule has 42 heavy (non-hydrogen) atoms. The summed E-state index contributed by atoms with van der Waals surface area (Å²) >= 11 is 1.52. The van der Waals surface area contributed by atoms with Gasteiger partial charge in [0.2, 0.25) is 11.9 Å². The van der Waals surface area contributed by atoms with Crippen molar-refractivity contribution < 1.29 is 14.3 Å². The maximum Gasteiger partial charge on any atom is 0.338 e. The van der Waals surface area contributed by atoms with Crippen molar-refractivity contribution >= 4 is 45.5 Å². The van der Waals surface area contributed by atoms with Gasteiger partial charge in [-0.1, -0.05) is 48.5 Å². The van der Waals surface area contributed by atoms with Gasteiger partial charge in [0.15, 0.2) is 4.96 Å². The molecule has 3 aromatic heterocycles. The van der Waals surface area contributed by atoms with Crippen LogP contribution in [-0.4, -0.2) is 37.8 Å². The highest BCUT2D eigenvalue weighted by molar-refractivity contribution is 7.15. The Kier molecular flexibility index (Phi) is 7.69. The van der Waals surface area contributed by atoms with Crippen LogP contribution in [0.2, 0.25) is 0 Å². The van der Waals surface area contributed by atoms with Crippen molar-refractivity contribution in [2.24, 2.45) is 0 Å². The molecule has 0 radical (unpaired) electrons. The number of anilines is 3. The molecule has 0 aliphatic rings. The number of thiazole rings is 1. The van der Waals surface area contributed by atoms with Crippen LogP contribution in [0.4, 0.5) is 17.3 Å². The fraction of sp³-hybridized carbons (Fsp3) is 0.0938. The summed E-state index contributed by atoms with van der Waals surface area (Å²) in [6.45, 7) is 2.07. The van der Waals surface area contributed by atoms with Gasteiger partial charge in [0.05, 0.1) is 30.0 Å². The molecule has 3 aromatic carbocycles. The summed E-state index contributed by atoms with van der Waals surface area (Å²) in [6.07, 6.45) is 3.92. The molecule has 0 spiro atoms. The number of hydrogen-bond acceptors (Lipinski definition) is 8. The van der Waals surface area contributed by atoms with Crippen LogP contribution in [-0.2, 0) is 16.0 Å². The van der Waals surface area contributed by atoms with E-state index in [1.807, 2.05) is 82.7 Å². The predicted octanol–water partition coefficient (Wildman–Crippen LogP) is 6.62. The number of fused-ring (bicyclic) bond motifs is 1. The predicted molar refractivity (Wildman–Crippen MR) is 164 cm³/mol. The number of imidazole rings is 1. The number of nitrogens with one attached hydrogen (secondary N) is 2. The monoisotopic (exact) mass is 574 g/mol. The van der Waals surface area contributed by atoms with E-state index in [1.165, 1.54) is 11.3 Å². The first kappa shape index (κ1) is 26.9. The van der Waals surface area contributed by atoms with Crippen LogP contribution >= 0.6 is 11.3 Å². The van der Waals surface area contributed by atoms with Gasteiger partial charge in [0.25, 0.3) is 0 Å². The molecule has 3 heterocycles. The van der Waals surface area contributed by atoms with E-state index in [4.69, 9.17) is 14.7 Å². The molecule has 0 aliphatic carbocycles. The van der Waals surface area contributed by atoms with Gasteiger partial charge in [-0.2, -0.15) is 0 Å². The highest BCUT2D eigenvalue weighted by Crippen LogP contribution is 2.35. The third kappa shape index (κ3) is 5.89. The third-order valence-electron chi connectivity index (χ3n) is 6.42. The molecule has 0 unspecified atom stereocenters. The Labute approximate surface area is 245 Å². The first-order valence-corrected chi connectivity index (χ1v) is 14.2. The van der Waals surface area contributed by atoms with E-state index in [2.05, 4.69) is 15.6 Å². The number of rotatable bonds is 9. The fourth-order valence-electron chi connectivity index (χ4n) is 4.58. The molecular weight excluding hydrogens is 548 g/mol. The first-order valence-electron chi connectivity index (χ1n) is 13.3. The molecule has 2 N–H and O–H groups in total. The molecule has 0 fully saturated rings. The van der Waals surface area contributed by atoms with E-state index in [9.17, 15) is 9.59 Å². The van der Waals surface area contributed by atoms with Gasteiger partial charge in [0.1, 0.15) is 5.69 Å². The second-order valence-electron chi connectivity index (χ2n) is 9.35. The number of carbonyl (C=O) groups is 2. The van der Waals surface area contributed by atoms with Gasteiger partial charge >= 0.3 is 5.97 Å². The van der Waals surface area contributed by atoms with Crippen molar-refractivity contribution in [2.75, 3.05) is 17.2 Å². The van der Waals surface area contributed by atoms with Crippen LogP contribution in [0, 0.1) is 0 Å². The van der Waals surface area contributed by atoms with E-state index in [0.29, 0.717) is 35.2 Å². The first-order chi connectivity index (χ1) is 20.6. The second-order valence-corrected chi connectivity index (χ2v) is 10.2. The van der Waals surface area contributed by atoms with Gasteiger partial charge in [-0.25, -0.2) is 19.7 Å². The van der Waals surface area contributed by atoms with Crippen LogP contribution in [0.3, 0.4) is 0 Å². The summed E-state index contributed by atoms with van der Waals surface area (Å²) in [7, 11) is 0. The number of hydrogen-bond donors (Lipinski definition) is 2. The number of carbonyl (C=O) groups excluding carboxylic acids is 2. The molecule has 1 amide bonds. The van der Waals surface area contributed by atoms with Crippen LogP contribution in [0.5, 0.6) is 0 Å². The quantitative estimate of drug-likeness (QED) is 0.187. The molecule has 0 aliphatic heterocycles. The van der Waals surface area contributed by atoms with Gasteiger partial charge in [0, 0.05) is 34.7 Å². The van der Waals surface area contributed by atoms with Gasteiger partial charge in [-0.05, 0) is 48.9 Å². The Balaban J connectivity index is 1.29. The zero-order valence-corrected chi connectivity index (χ0v) is 23.5. The normalized spacial score (nSPS) is 10.9. The average Bonchev–Trinajstić information content (AvgIpc) is 3.60. The standard InChI is InChI=1S/C32H26N6O3S/c1-2-41-30(40)23-11-7-13-25(20-23)35-31-33-15-14-26(36-31)29-28(37-32-38(29)16-17-42-32)22-10-6-12-24(19-22)34-27(39)18-21-8-4-3-5-9-21/h3-17,19-20H,2,18H2,1H3,(H,34,39)(H,33,35,36). The van der Waals surface area contributed by atoms with Crippen molar-refractivity contribution in [1.82, 2.24) is 19.4 Å². The van der Waals surface area contributed by atoms with E-state index >= 15 is 0 Å². The van der Waals surface area contributed by atoms with Crippen LogP contribution in [0.15, 0.2) is 103 Å². The molecule has 0 atom stereocenters. The van der Waals surface area contributed by atoms with Gasteiger partial charge in [-0.3, -0.25) is 9.20 Å². The number of esters is 1. The summed E-state index contributed by atoms with van der Waals surface area (Å²) < 4.78 is 7.11. The van der Waals surface area contributed by atoms with Crippen LogP contribution < -0.4 is 10.6 Å². The SMILES string of the molecule is CCOC(=O)c1cccc(Nc2nccc(-c3c(-c4cccc(NC(=O)Cc5ccccc5)c4)nc4sccn34)n2)c1. The molecule has 0 saturated carbocycles. The molecule has 10 heteroatoms. The third-order valence-corrected chi connectivity index (χ3v) is 7.17. The summed E-state index contributed by atoms with van der Waals surface area (Å²) in [5.41, 5.74) is 5.75. The van der Waals surface area contributed by atoms with E-state index < -0.39 is 5.97 Å². The number of benzene rings is 3. The minimum absolute atomic E-state index is 0.0945. The number of ether oxygens (including phenoxy) is 1. The molecule has 6 rings (SSSR count). The average molecular weight is 575 g/mol. The van der Waals surface area contributed by atoms with Crippen molar-refractivity contribution in [3.63, 3.8) is 0 Å². The minimum Gasteiger partial charge on any atom is -0.462 e. The Bertz CT molecular complexity index is 1880. The van der Waals surface area contributed by atoms with E-state index in [-0.39, 0.29) is 12.3 Å². The maximum atomic E-state index is 12.7. The summed E-state index contributed by atoms with van der Waals surface area (Å²) in [5, 5.41) is 8.16. The highest BCUT2D eigenvalue weighted by atomic mass is 32.1. The number of nitrogens with zero attached hydrogens (tertiary/aromatic N) is 4. The molecule has 6 aromatic rings. The van der Waals surface area contributed by atoms with Crippen molar-refractivity contribution in [3.8, 4) is 22.6 Å². The Hall–Kier alpha value is -5.35. The van der Waals surface area contributed by atoms with E-state index in [1.54, 1.807) is 31.3 Å². The summed E-state index contributed by atoms with van der Waals surface area (Å²) in [4.78, 5) is 39.8. The van der Waals surface area contributed by atoms with Crippen LogP contribution in [0.25, 0.3) is 27.6 Å². The molecule has 9 nitrogen and oxygen atoms in total. The molecule has 208 valence electrons. The number of aromatic nitrogens is 4. The van der Waals surface area contributed by atoms with Gasteiger partial charge < -0.3 is 15.4 Å². The Morgan fingerprint density at radius 1 is 0.929 bits per heavy atom. The fourth-order valence-corrected chi connectivity index (χ4v) is 5.29. The van der Waals surface area contributed by atoms with Crippen molar-refractivity contribution in [3.05, 3.63) is 114 Å². The Morgan fingerprint density at radius 2 is 1.76 bits per heavy atom. The molecule has 0 saturated heterocycles. The topological polar surface area (TPSA) is 111 Å². The second kappa shape index (κ2) is 12.0. The van der Waals surface area contributed by atoms with Crippen molar-refractivity contribution in [2.45, 2.75) is 13.3 Å².